The molecule has 1 unspecified atom stereocenters. The average molecular weight is 753 g/mol. The van der Waals surface area contributed by atoms with Crippen molar-refractivity contribution < 1.29 is 28.6 Å². The number of allylic oxidation sites excluding steroid dienone is 11. The van der Waals surface area contributed by atoms with Crippen molar-refractivity contribution in [3.05, 3.63) is 72.9 Å². The van der Waals surface area contributed by atoms with Crippen LogP contribution in [0.15, 0.2) is 72.9 Å². The van der Waals surface area contributed by atoms with Crippen LogP contribution in [0.4, 0.5) is 0 Å². The molecule has 0 spiro atoms. The van der Waals surface area contributed by atoms with Gasteiger partial charge in [0.2, 0.25) is 0 Å². The van der Waals surface area contributed by atoms with E-state index in [4.69, 9.17) is 14.2 Å². The van der Waals surface area contributed by atoms with E-state index in [2.05, 4.69) is 81.5 Å². The molecular weight excluding hydrogens is 673 g/mol. The number of hydrogen-bond donors (Lipinski definition) is 0. The van der Waals surface area contributed by atoms with E-state index in [1.165, 1.54) is 64.2 Å². The summed E-state index contributed by atoms with van der Waals surface area (Å²) in [6, 6.07) is 0. The van der Waals surface area contributed by atoms with Crippen LogP contribution in [0.5, 0.6) is 0 Å². The minimum Gasteiger partial charge on any atom is -0.462 e. The molecule has 0 aromatic rings. The summed E-state index contributed by atoms with van der Waals surface area (Å²) < 4.78 is 16.5. The second-order valence-electron chi connectivity index (χ2n) is 14.2. The zero-order chi connectivity index (χ0) is 39.4. The van der Waals surface area contributed by atoms with Gasteiger partial charge in [-0.2, -0.15) is 0 Å². The number of carbonyl (C=O) groups is 3. The van der Waals surface area contributed by atoms with Crippen LogP contribution >= 0.6 is 0 Å². The van der Waals surface area contributed by atoms with Crippen molar-refractivity contribution in [3.63, 3.8) is 0 Å². The molecule has 0 aromatic carbocycles. The van der Waals surface area contributed by atoms with E-state index in [1.807, 2.05) is 6.08 Å². The van der Waals surface area contributed by atoms with Gasteiger partial charge in [-0.15, -0.1) is 0 Å². The van der Waals surface area contributed by atoms with E-state index >= 15 is 0 Å². The molecule has 6 nitrogen and oxygen atoms in total. The van der Waals surface area contributed by atoms with Crippen molar-refractivity contribution in [2.24, 2.45) is 0 Å². The number of unbranched alkanes of at least 4 members (excludes halogenated alkanes) is 16. The summed E-state index contributed by atoms with van der Waals surface area (Å²) in [6.45, 7) is 6.31. The van der Waals surface area contributed by atoms with Crippen molar-refractivity contribution >= 4 is 17.9 Å². The Morgan fingerprint density at radius 3 is 1.37 bits per heavy atom. The highest BCUT2D eigenvalue weighted by Gasteiger charge is 2.19. The second-order valence-corrected chi connectivity index (χ2v) is 14.2. The highest BCUT2D eigenvalue weighted by Crippen LogP contribution is 2.12. The fourth-order valence-corrected chi connectivity index (χ4v) is 5.63. The molecule has 54 heavy (non-hydrogen) atoms. The van der Waals surface area contributed by atoms with Crippen molar-refractivity contribution in [1.82, 2.24) is 0 Å². The number of esters is 3. The van der Waals surface area contributed by atoms with Gasteiger partial charge in [0.15, 0.2) is 6.10 Å². The molecule has 0 rings (SSSR count). The highest BCUT2D eigenvalue weighted by molar-refractivity contribution is 5.72. The maximum atomic E-state index is 12.6. The number of rotatable bonds is 38. The van der Waals surface area contributed by atoms with Gasteiger partial charge in [0.25, 0.3) is 0 Å². The SMILES string of the molecule is CC/C=C\C/C=C\C/C=C\CC(=O)OCC(COC(=O)CCCCCCCCC/C=C\C/C=C\CCCCC)OC(=O)CCCCCC/C=C\CCCC. The molecule has 0 N–H and O–H groups in total. The van der Waals surface area contributed by atoms with E-state index in [9.17, 15) is 14.4 Å². The lowest BCUT2D eigenvalue weighted by molar-refractivity contribution is -0.166. The van der Waals surface area contributed by atoms with Crippen molar-refractivity contribution in [1.29, 1.82) is 0 Å². The first-order chi connectivity index (χ1) is 26.5. The van der Waals surface area contributed by atoms with Crippen LogP contribution in [0.25, 0.3) is 0 Å². The van der Waals surface area contributed by atoms with Gasteiger partial charge in [-0.1, -0.05) is 164 Å². The molecule has 6 heteroatoms. The third-order valence-electron chi connectivity index (χ3n) is 8.95. The summed E-state index contributed by atoms with van der Waals surface area (Å²) in [5, 5.41) is 0. The number of ether oxygens (including phenoxy) is 3. The largest absolute Gasteiger partial charge is 0.462 e. The first kappa shape index (κ1) is 50.9. The van der Waals surface area contributed by atoms with Gasteiger partial charge < -0.3 is 14.2 Å². The first-order valence-electron chi connectivity index (χ1n) is 21.9. The normalized spacial score (nSPS) is 12.7. The summed E-state index contributed by atoms with van der Waals surface area (Å²) in [5.41, 5.74) is 0. The molecule has 0 aliphatic rings. The predicted molar refractivity (Wildman–Crippen MR) is 228 cm³/mol. The topological polar surface area (TPSA) is 78.9 Å². The zero-order valence-corrected chi connectivity index (χ0v) is 35.0. The van der Waals surface area contributed by atoms with Gasteiger partial charge >= 0.3 is 17.9 Å². The second kappa shape index (κ2) is 42.6. The smallest absolute Gasteiger partial charge is 0.309 e. The Hall–Kier alpha value is -3.15. The lowest BCUT2D eigenvalue weighted by Gasteiger charge is -2.18. The van der Waals surface area contributed by atoms with Gasteiger partial charge in [-0.05, 0) is 83.5 Å². The van der Waals surface area contributed by atoms with E-state index in [0.29, 0.717) is 12.8 Å². The monoisotopic (exact) mass is 753 g/mol. The van der Waals surface area contributed by atoms with Gasteiger partial charge in [-0.25, -0.2) is 0 Å². The first-order valence-corrected chi connectivity index (χ1v) is 21.9. The Morgan fingerprint density at radius 2 is 0.815 bits per heavy atom. The average Bonchev–Trinajstić information content (AvgIpc) is 3.17. The van der Waals surface area contributed by atoms with Gasteiger partial charge in [0.05, 0.1) is 6.42 Å². The predicted octanol–water partition coefficient (Wildman–Crippen LogP) is 13.9. The third-order valence-corrected chi connectivity index (χ3v) is 8.95. The fourth-order valence-electron chi connectivity index (χ4n) is 5.63. The highest BCUT2D eigenvalue weighted by atomic mass is 16.6. The maximum Gasteiger partial charge on any atom is 0.309 e. The van der Waals surface area contributed by atoms with Crippen LogP contribution in [0, 0.1) is 0 Å². The van der Waals surface area contributed by atoms with Crippen LogP contribution < -0.4 is 0 Å². The van der Waals surface area contributed by atoms with Crippen LogP contribution in [0.2, 0.25) is 0 Å². The Balaban J connectivity index is 4.40. The molecule has 308 valence electrons. The molecule has 0 aliphatic carbocycles. The summed E-state index contributed by atoms with van der Waals surface area (Å²) in [5.74, 6) is -1.07. The zero-order valence-electron chi connectivity index (χ0n) is 35.0. The van der Waals surface area contributed by atoms with Gasteiger partial charge in [0.1, 0.15) is 13.2 Å². The molecule has 0 fully saturated rings. The lowest BCUT2D eigenvalue weighted by atomic mass is 10.1. The van der Waals surface area contributed by atoms with Gasteiger partial charge in [-0.3, -0.25) is 14.4 Å². The maximum absolute atomic E-state index is 12.6. The summed E-state index contributed by atoms with van der Waals surface area (Å²) >= 11 is 0. The van der Waals surface area contributed by atoms with E-state index in [1.54, 1.807) is 6.08 Å². The molecule has 0 heterocycles. The molecular formula is C48H80O6. The number of hydrogen-bond acceptors (Lipinski definition) is 6. The molecule has 0 aliphatic heterocycles. The Labute approximate surface area is 332 Å². The Bertz CT molecular complexity index is 1050. The summed E-state index contributed by atoms with van der Waals surface area (Å²) in [6.07, 6.45) is 52.1. The quantitative estimate of drug-likeness (QED) is 0.0270. The van der Waals surface area contributed by atoms with E-state index in [0.717, 1.165) is 89.9 Å². The van der Waals surface area contributed by atoms with Crippen LogP contribution in [0.3, 0.4) is 0 Å². The molecule has 0 saturated heterocycles. The molecule has 0 bridgehead atoms. The molecule has 0 amide bonds. The Morgan fingerprint density at radius 1 is 0.407 bits per heavy atom. The van der Waals surface area contributed by atoms with E-state index in [-0.39, 0.29) is 31.6 Å². The van der Waals surface area contributed by atoms with Crippen LogP contribution in [-0.2, 0) is 28.6 Å². The van der Waals surface area contributed by atoms with Crippen molar-refractivity contribution in [2.45, 2.75) is 200 Å². The number of carbonyl (C=O) groups excluding carboxylic acids is 3. The minimum atomic E-state index is -0.816. The van der Waals surface area contributed by atoms with Crippen molar-refractivity contribution in [2.75, 3.05) is 13.2 Å². The van der Waals surface area contributed by atoms with Gasteiger partial charge in [0, 0.05) is 12.8 Å². The molecule has 0 aromatic heterocycles. The fraction of sp³-hybridized carbons (Fsp3) is 0.688. The third kappa shape index (κ3) is 40.0. The van der Waals surface area contributed by atoms with E-state index < -0.39 is 12.1 Å². The van der Waals surface area contributed by atoms with Crippen LogP contribution in [-0.4, -0.2) is 37.2 Å². The Kier molecular flexibility index (Phi) is 40.1. The minimum absolute atomic E-state index is 0.112. The molecule has 1 atom stereocenters. The summed E-state index contributed by atoms with van der Waals surface area (Å²) in [4.78, 5) is 37.5. The van der Waals surface area contributed by atoms with Crippen LogP contribution in [0.1, 0.15) is 194 Å². The summed E-state index contributed by atoms with van der Waals surface area (Å²) in [7, 11) is 0. The standard InChI is InChI=1S/C48H80O6/c1-4-7-10-13-16-19-21-22-23-24-25-26-27-30-32-35-38-41-47(50)53-44-45(43-52-46(49)40-37-34-31-28-18-15-12-9-6-3)54-48(51)42-39-36-33-29-20-17-14-11-8-5-2/h9,12,14,16-19,22-23,28,34,37,45H,4-8,10-11,13,15,20-21,24-27,29-33,35-36,38-44H2,1-3H3/b12-9-,17-14-,19-16-,23-22-,28-18-,37-34-. The lowest BCUT2D eigenvalue weighted by Crippen LogP contribution is -2.30. The molecule has 0 radical (unpaired) electrons. The molecule has 0 saturated carbocycles. The van der Waals surface area contributed by atoms with Crippen molar-refractivity contribution in [3.8, 4) is 0 Å².